The largest absolute Gasteiger partial charge is 0.326 e. The summed E-state index contributed by atoms with van der Waals surface area (Å²) in [7, 11) is -3.55. The fraction of sp³-hybridized carbons (Fsp3) is 0.318. The highest BCUT2D eigenvalue weighted by molar-refractivity contribution is 7.89. The molecule has 164 valence electrons. The third kappa shape index (κ3) is 5.99. The quantitative estimate of drug-likeness (QED) is 0.529. The van der Waals surface area contributed by atoms with E-state index in [2.05, 4.69) is 15.8 Å². The lowest BCUT2D eigenvalue weighted by Crippen LogP contribution is -2.42. The lowest BCUT2D eigenvalue weighted by Gasteiger charge is -2.30. The number of carbonyl (C=O) groups is 2. The molecule has 2 aromatic carbocycles. The first-order valence-electron chi connectivity index (χ1n) is 10.0. The predicted molar refractivity (Wildman–Crippen MR) is 119 cm³/mol. The average Bonchev–Trinajstić information content (AvgIpc) is 2.75. The first-order valence-corrected chi connectivity index (χ1v) is 11.5. The maximum absolute atomic E-state index is 12.8. The van der Waals surface area contributed by atoms with Crippen LogP contribution in [-0.2, 0) is 19.6 Å². The summed E-state index contributed by atoms with van der Waals surface area (Å²) in [6, 6.07) is 13.8. The van der Waals surface area contributed by atoms with E-state index < -0.39 is 10.0 Å². The molecule has 8 nitrogen and oxygen atoms in total. The molecule has 0 atom stereocenters. The summed E-state index contributed by atoms with van der Waals surface area (Å²) in [5.41, 5.74) is 4.98. The SMILES string of the molecule is CC(=O)Nc1ccc(/C=N/NC(=O)C2CCN(S(=O)(=O)c3ccc(C)cc3)CC2)cc1. The van der Waals surface area contributed by atoms with Crippen LogP contribution in [-0.4, -0.2) is 43.8 Å². The zero-order valence-corrected chi connectivity index (χ0v) is 18.4. The molecule has 2 N–H and O–H groups in total. The molecule has 0 saturated carbocycles. The predicted octanol–water partition coefficient (Wildman–Crippen LogP) is 2.50. The normalized spacial score (nSPS) is 15.7. The van der Waals surface area contributed by atoms with Crippen LogP contribution in [0.15, 0.2) is 58.5 Å². The van der Waals surface area contributed by atoms with E-state index in [4.69, 9.17) is 0 Å². The molecule has 2 amide bonds. The monoisotopic (exact) mass is 442 g/mol. The summed E-state index contributed by atoms with van der Waals surface area (Å²) in [4.78, 5) is 23.7. The van der Waals surface area contributed by atoms with Gasteiger partial charge >= 0.3 is 0 Å². The standard InChI is InChI=1S/C22H26N4O4S/c1-16-3-9-21(10-4-16)31(29,30)26-13-11-19(12-14-26)22(28)25-23-15-18-5-7-20(8-6-18)24-17(2)27/h3-10,15,19H,11-14H2,1-2H3,(H,24,27)(H,25,28)/b23-15+. The molecule has 0 unspecified atom stereocenters. The van der Waals surface area contributed by atoms with E-state index >= 15 is 0 Å². The molecule has 0 aliphatic carbocycles. The van der Waals surface area contributed by atoms with E-state index in [0.29, 0.717) is 31.6 Å². The molecule has 0 spiro atoms. The number of sulfonamides is 1. The fourth-order valence-electron chi connectivity index (χ4n) is 3.34. The van der Waals surface area contributed by atoms with Gasteiger partial charge in [0.15, 0.2) is 0 Å². The minimum Gasteiger partial charge on any atom is -0.326 e. The second-order valence-electron chi connectivity index (χ2n) is 7.53. The van der Waals surface area contributed by atoms with Gasteiger partial charge in [0.05, 0.1) is 11.1 Å². The number of carbonyl (C=O) groups excluding carboxylic acids is 2. The Kier molecular flexibility index (Phi) is 7.19. The van der Waals surface area contributed by atoms with Gasteiger partial charge in [0.25, 0.3) is 0 Å². The third-order valence-corrected chi connectivity index (χ3v) is 7.02. The first-order chi connectivity index (χ1) is 14.8. The topological polar surface area (TPSA) is 108 Å². The number of rotatable bonds is 6. The van der Waals surface area contributed by atoms with Crippen LogP contribution in [0.5, 0.6) is 0 Å². The Balaban J connectivity index is 1.50. The fourth-order valence-corrected chi connectivity index (χ4v) is 4.80. The maximum atomic E-state index is 12.8. The van der Waals surface area contributed by atoms with Gasteiger partial charge in [-0.2, -0.15) is 9.41 Å². The van der Waals surface area contributed by atoms with Crippen LogP contribution in [0.4, 0.5) is 5.69 Å². The Bertz CT molecular complexity index is 1060. The highest BCUT2D eigenvalue weighted by atomic mass is 32.2. The van der Waals surface area contributed by atoms with Gasteiger partial charge in [-0.05, 0) is 49.6 Å². The Labute approximate surface area is 182 Å². The Morgan fingerprint density at radius 2 is 1.65 bits per heavy atom. The van der Waals surface area contributed by atoms with Crippen molar-refractivity contribution in [1.29, 1.82) is 0 Å². The third-order valence-electron chi connectivity index (χ3n) is 5.10. The van der Waals surface area contributed by atoms with E-state index in [1.807, 2.05) is 6.92 Å². The van der Waals surface area contributed by atoms with Crippen molar-refractivity contribution in [2.45, 2.75) is 31.6 Å². The number of hydrogen-bond acceptors (Lipinski definition) is 5. The molecule has 31 heavy (non-hydrogen) atoms. The van der Waals surface area contributed by atoms with Crippen molar-refractivity contribution in [2.24, 2.45) is 11.0 Å². The van der Waals surface area contributed by atoms with E-state index in [1.54, 1.807) is 48.5 Å². The zero-order chi connectivity index (χ0) is 22.4. The second kappa shape index (κ2) is 9.84. The van der Waals surface area contributed by atoms with Crippen molar-refractivity contribution < 1.29 is 18.0 Å². The lowest BCUT2D eigenvalue weighted by atomic mass is 9.98. The molecule has 0 aromatic heterocycles. The van der Waals surface area contributed by atoms with Gasteiger partial charge in [-0.3, -0.25) is 9.59 Å². The lowest BCUT2D eigenvalue weighted by molar-refractivity contribution is -0.126. The van der Waals surface area contributed by atoms with Crippen molar-refractivity contribution in [2.75, 3.05) is 18.4 Å². The zero-order valence-electron chi connectivity index (χ0n) is 17.5. The van der Waals surface area contributed by atoms with Crippen LogP contribution in [0.2, 0.25) is 0 Å². The van der Waals surface area contributed by atoms with Crippen LogP contribution in [0.1, 0.15) is 30.9 Å². The summed E-state index contributed by atoms with van der Waals surface area (Å²) >= 11 is 0. The molecule has 1 heterocycles. The number of benzene rings is 2. The van der Waals surface area contributed by atoms with Crippen molar-refractivity contribution in [3.63, 3.8) is 0 Å². The van der Waals surface area contributed by atoms with Crippen LogP contribution in [0, 0.1) is 12.8 Å². The van der Waals surface area contributed by atoms with Gasteiger partial charge in [-0.15, -0.1) is 0 Å². The molecule has 1 fully saturated rings. The van der Waals surface area contributed by atoms with Gasteiger partial charge in [0, 0.05) is 31.6 Å². The number of aryl methyl sites for hydroxylation is 1. The molecule has 0 bridgehead atoms. The number of nitrogens with one attached hydrogen (secondary N) is 2. The first kappa shape index (κ1) is 22.6. The van der Waals surface area contributed by atoms with Gasteiger partial charge in [-0.25, -0.2) is 13.8 Å². The van der Waals surface area contributed by atoms with Gasteiger partial charge in [-0.1, -0.05) is 29.8 Å². The minimum atomic E-state index is -3.55. The summed E-state index contributed by atoms with van der Waals surface area (Å²) in [5, 5.41) is 6.66. The molecule has 3 rings (SSSR count). The summed E-state index contributed by atoms with van der Waals surface area (Å²) in [5.74, 6) is -0.659. The Morgan fingerprint density at radius 1 is 1.03 bits per heavy atom. The van der Waals surface area contributed by atoms with Crippen molar-refractivity contribution in [1.82, 2.24) is 9.73 Å². The van der Waals surface area contributed by atoms with E-state index in [1.165, 1.54) is 17.4 Å². The maximum Gasteiger partial charge on any atom is 0.243 e. The van der Waals surface area contributed by atoms with Crippen LogP contribution in [0.3, 0.4) is 0 Å². The summed E-state index contributed by atoms with van der Waals surface area (Å²) in [6.45, 7) is 3.93. The molecule has 1 aliphatic heterocycles. The summed E-state index contributed by atoms with van der Waals surface area (Å²) in [6.07, 6.45) is 2.40. The Morgan fingerprint density at radius 3 is 2.23 bits per heavy atom. The molecule has 1 aliphatic rings. The van der Waals surface area contributed by atoms with Gasteiger partial charge in [0.1, 0.15) is 0 Å². The molecule has 9 heteroatoms. The second-order valence-corrected chi connectivity index (χ2v) is 9.47. The van der Waals surface area contributed by atoms with Crippen LogP contribution >= 0.6 is 0 Å². The van der Waals surface area contributed by atoms with Crippen molar-refractivity contribution in [3.05, 3.63) is 59.7 Å². The Hall–Kier alpha value is -3.04. The van der Waals surface area contributed by atoms with E-state index in [0.717, 1.165) is 11.1 Å². The number of nitrogens with zero attached hydrogens (tertiary/aromatic N) is 2. The molecular weight excluding hydrogens is 416 g/mol. The van der Waals surface area contributed by atoms with Crippen LogP contribution < -0.4 is 10.7 Å². The van der Waals surface area contributed by atoms with Gasteiger partial charge < -0.3 is 5.32 Å². The number of piperidine rings is 1. The molecule has 0 radical (unpaired) electrons. The highest BCUT2D eigenvalue weighted by Gasteiger charge is 2.31. The van der Waals surface area contributed by atoms with Crippen LogP contribution in [0.25, 0.3) is 0 Å². The smallest absolute Gasteiger partial charge is 0.243 e. The molecule has 1 saturated heterocycles. The van der Waals surface area contributed by atoms with Gasteiger partial charge in [0.2, 0.25) is 21.8 Å². The van der Waals surface area contributed by atoms with E-state index in [-0.39, 0.29) is 22.6 Å². The average molecular weight is 443 g/mol. The number of amides is 2. The summed E-state index contributed by atoms with van der Waals surface area (Å²) < 4.78 is 27.0. The van der Waals surface area contributed by atoms with Crippen molar-refractivity contribution >= 4 is 33.7 Å². The van der Waals surface area contributed by atoms with Crippen molar-refractivity contribution in [3.8, 4) is 0 Å². The molecular formula is C22H26N4O4S. The highest BCUT2D eigenvalue weighted by Crippen LogP contribution is 2.24. The molecule has 2 aromatic rings. The number of anilines is 1. The number of hydrogen-bond donors (Lipinski definition) is 2. The number of hydrazone groups is 1. The van der Waals surface area contributed by atoms with E-state index in [9.17, 15) is 18.0 Å². The minimum absolute atomic E-state index is 0.147.